The molecule has 1 aromatic heterocycles. The number of carbonyl (C=O) groups is 2. The molecule has 0 spiro atoms. The van der Waals surface area contributed by atoms with E-state index in [4.69, 9.17) is 5.73 Å². The van der Waals surface area contributed by atoms with Crippen LogP contribution >= 0.6 is 11.3 Å². The van der Waals surface area contributed by atoms with E-state index in [1.54, 1.807) is 19.2 Å². The molecule has 0 radical (unpaired) electrons. The van der Waals surface area contributed by atoms with Crippen molar-refractivity contribution in [2.75, 3.05) is 26.7 Å². The summed E-state index contributed by atoms with van der Waals surface area (Å²) < 4.78 is 0. The van der Waals surface area contributed by atoms with Gasteiger partial charge in [-0.3, -0.25) is 9.59 Å². The first kappa shape index (κ1) is 17.2. The minimum absolute atomic E-state index is 0.0489. The average Bonchev–Trinajstić information content (AvgIpc) is 2.90. The van der Waals surface area contributed by atoms with Gasteiger partial charge in [-0.2, -0.15) is 0 Å². The number of likely N-dealkylation sites (N-methyl/N-ethyl adjacent to an activating group) is 1. The van der Waals surface area contributed by atoms with Crippen LogP contribution in [0, 0.1) is 17.8 Å². The van der Waals surface area contributed by atoms with Crippen LogP contribution in [0.2, 0.25) is 0 Å². The summed E-state index contributed by atoms with van der Waals surface area (Å²) in [6.45, 7) is 4.98. The molecule has 1 heterocycles. The van der Waals surface area contributed by atoms with Gasteiger partial charge in [-0.15, -0.1) is 11.3 Å². The summed E-state index contributed by atoms with van der Waals surface area (Å²) in [6, 6.07) is 3.50. The molecule has 5 nitrogen and oxygen atoms in total. The second-order valence-corrected chi connectivity index (χ2v) is 6.11. The number of thiophene rings is 1. The van der Waals surface area contributed by atoms with E-state index in [-0.39, 0.29) is 24.9 Å². The van der Waals surface area contributed by atoms with E-state index in [1.165, 1.54) is 16.2 Å². The molecular weight excluding hydrogens is 286 g/mol. The topological polar surface area (TPSA) is 75.4 Å². The molecular formula is C15H21N3O2S. The van der Waals surface area contributed by atoms with Crippen molar-refractivity contribution in [2.24, 2.45) is 11.7 Å². The minimum atomic E-state index is -0.180. The van der Waals surface area contributed by atoms with Gasteiger partial charge in [0.25, 0.3) is 5.91 Å². The van der Waals surface area contributed by atoms with Crippen molar-refractivity contribution in [1.82, 2.24) is 10.2 Å². The number of carbonyl (C=O) groups excluding carboxylic acids is 2. The van der Waals surface area contributed by atoms with Crippen LogP contribution in [0.3, 0.4) is 0 Å². The molecule has 0 aliphatic rings. The van der Waals surface area contributed by atoms with E-state index in [0.717, 1.165) is 4.88 Å². The highest BCUT2D eigenvalue weighted by atomic mass is 32.1. The van der Waals surface area contributed by atoms with Crippen molar-refractivity contribution in [1.29, 1.82) is 0 Å². The average molecular weight is 307 g/mol. The maximum Gasteiger partial charge on any atom is 0.264 e. The number of rotatable bonds is 5. The fourth-order valence-electron chi connectivity index (χ4n) is 1.51. The first-order chi connectivity index (χ1) is 9.93. The van der Waals surface area contributed by atoms with E-state index < -0.39 is 0 Å². The van der Waals surface area contributed by atoms with Crippen LogP contribution in [0.1, 0.15) is 28.4 Å². The van der Waals surface area contributed by atoms with Gasteiger partial charge in [0.15, 0.2) is 0 Å². The van der Waals surface area contributed by atoms with E-state index in [2.05, 4.69) is 17.2 Å². The Balaban J connectivity index is 2.57. The number of nitrogens with one attached hydrogen (secondary N) is 1. The Kier molecular flexibility index (Phi) is 6.92. The third-order valence-corrected chi connectivity index (χ3v) is 3.55. The van der Waals surface area contributed by atoms with Crippen molar-refractivity contribution in [3.63, 3.8) is 0 Å². The number of amides is 2. The maximum atomic E-state index is 12.2. The molecule has 1 rings (SSSR count). The van der Waals surface area contributed by atoms with Crippen LogP contribution in [-0.4, -0.2) is 43.4 Å². The van der Waals surface area contributed by atoms with Gasteiger partial charge in [0, 0.05) is 13.6 Å². The van der Waals surface area contributed by atoms with Crippen LogP contribution in [0.4, 0.5) is 0 Å². The Hall–Kier alpha value is -1.84. The van der Waals surface area contributed by atoms with Crippen molar-refractivity contribution >= 4 is 23.2 Å². The van der Waals surface area contributed by atoms with E-state index >= 15 is 0 Å². The van der Waals surface area contributed by atoms with Crippen molar-refractivity contribution in [3.05, 3.63) is 21.9 Å². The van der Waals surface area contributed by atoms with E-state index in [0.29, 0.717) is 17.3 Å². The van der Waals surface area contributed by atoms with Crippen LogP contribution in [0.5, 0.6) is 0 Å². The third kappa shape index (κ3) is 5.98. The van der Waals surface area contributed by atoms with Crippen LogP contribution in [0.25, 0.3) is 0 Å². The van der Waals surface area contributed by atoms with Gasteiger partial charge < -0.3 is 16.0 Å². The second kappa shape index (κ2) is 8.45. The largest absolute Gasteiger partial charge is 0.354 e. The summed E-state index contributed by atoms with van der Waals surface area (Å²) in [5.74, 6) is 5.68. The lowest BCUT2D eigenvalue weighted by atomic mass is 10.2. The first-order valence-electron chi connectivity index (χ1n) is 6.75. The standard InChI is InChI=1S/C15H21N3O2S/c1-11(2)9-17-14(19)10-18(3)15(20)13-7-6-12(21-13)5-4-8-16/h6-7,11H,8-10,16H2,1-3H3,(H,17,19). The monoisotopic (exact) mass is 307 g/mol. The van der Waals surface area contributed by atoms with Gasteiger partial charge in [0.2, 0.25) is 5.91 Å². The smallest absolute Gasteiger partial charge is 0.264 e. The van der Waals surface area contributed by atoms with Gasteiger partial charge in [-0.1, -0.05) is 25.7 Å². The summed E-state index contributed by atoms with van der Waals surface area (Å²) in [5.41, 5.74) is 5.31. The minimum Gasteiger partial charge on any atom is -0.354 e. The van der Waals surface area contributed by atoms with Gasteiger partial charge in [0.05, 0.1) is 22.8 Å². The van der Waals surface area contributed by atoms with Gasteiger partial charge >= 0.3 is 0 Å². The van der Waals surface area contributed by atoms with Crippen LogP contribution in [-0.2, 0) is 4.79 Å². The third-order valence-electron chi connectivity index (χ3n) is 2.57. The summed E-state index contributed by atoms with van der Waals surface area (Å²) >= 11 is 1.30. The van der Waals surface area contributed by atoms with E-state index in [1.807, 2.05) is 13.8 Å². The predicted molar refractivity (Wildman–Crippen MR) is 85.1 cm³/mol. The highest BCUT2D eigenvalue weighted by Gasteiger charge is 2.16. The Morgan fingerprint density at radius 2 is 2.14 bits per heavy atom. The molecule has 1 aromatic rings. The molecule has 0 atom stereocenters. The molecule has 0 fully saturated rings. The normalized spacial score (nSPS) is 9.95. The molecule has 0 aliphatic heterocycles. The number of nitrogens with two attached hydrogens (primary N) is 1. The molecule has 6 heteroatoms. The van der Waals surface area contributed by atoms with Crippen molar-refractivity contribution in [3.8, 4) is 11.8 Å². The summed E-state index contributed by atoms with van der Waals surface area (Å²) in [7, 11) is 1.61. The molecule has 3 N–H and O–H groups in total. The molecule has 0 saturated heterocycles. The Labute approximate surface area is 129 Å². The molecule has 0 bridgehead atoms. The highest BCUT2D eigenvalue weighted by Crippen LogP contribution is 2.16. The fourth-order valence-corrected chi connectivity index (χ4v) is 2.38. The zero-order chi connectivity index (χ0) is 15.8. The lowest BCUT2D eigenvalue weighted by Crippen LogP contribution is -2.39. The molecule has 0 unspecified atom stereocenters. The van der Waals surface area contributed by atoms with Gasteiger partial charge in [0.1, 0.15) is 0 Å². The van der Waals surface area contributed by atoms with Crippen molar-refractivity contribution in [2.45, 2.75) is 13.8 Å². The Morgan fingerprint density at radius 3 is 2.76 bits per heavy atom. The summed E-state index contributed by atoms with van der Waals surface area (Å²) in [4.78, 5) is 26.7. The Bertz CT molecular complexity index is 555. The molecule has 114 valence electrons. The number of hydrogen-bond donors (Lipinski definition) is 2. The molecule has 2 amide bonds. The molecule has 0 aliphatic carbocycles. The summed E-state index contributed by atoms with van der Waals surface area (Å²) in [5, 5.41) is 2.79. The lowest BCUT2D eigenvalue weighted by Gasteiger charge is -2.16. The first-order valence-corrected chi connectivity index (χ1v) is 7.56. The maximum absolute atomic E-state index is 12.2. The number of hydrogen-bond acceptors (Lipinski definition) is 4. The molecule has 0 aromatic carbocycles. The van der Waals surface area contributed by atoms with Crippen molar-refractivity contribution < 1.29 is 9.59 Å². The quantitative estimate of drug-likeness (QED) is 0.794. The summed E-state index contributed by atoms with van der Waals surface area (Å²) in [6.07, 6.45) is 0. The van der Waals surface area contributed by atoms with E-state index in [9.17, 15) is 9.59 Å². The molecule has 21 heavy (non-hydrogen) atoms. The molecule has 0 saturated carbocycles. The zero-order valence-electron chi connectivity index (χ0n) is 12.6. The SMILES string of the molecule is CC(C)CNC(=O)CN(C)C(=O)c1ccc(C#CCN)s1. The second-order valence-electron chi connectivity index (χ2n) is 5.03. The van der Waals surface area contributed by atoms with Gasteiger partial charge in [-0.25, -0.2) is 0 Å². The Morgan fingerprint density at radius 1 is 1.43 bits per heavy atom. The van der Waals surface area contributed by atoms with Gasteiger partial charge in [-0.05, 0) is 18.1 Å². The lowest BCUT2D eigenvalue weighted by molar-refractivity contribution is -0.121. The number of nitrogens with zero attached hydrogens (tertiary/aromatic N) is 1. The van der Waals surface area contributed by atoms with Crippen LogP contribution in [0.15, 0.2) is 12.1 Å². The highest BCUT2D eigenvalue weighted by molar-refractivity contribution is 7.14. The fraction of sp³-hybridized carbons (Fsp3) is 0.467. The zero-order valence-corrected chi connectivity index (χ0v) is 13.4. The predicted octanol–water partition coefficient (Wildman–Crippen LogP) is 0.902. The van der Waals surface area contributed by atoms with Crippen LogP contribution < -0.4 is 11.1 Å².